The van der Waals surface area contributed by atoms with Gasteiger partial charge in [0.15, 0.2) is 5.65 Å². The second-order valence-corrected chi connectivity index (χ2v) is 9.32. The van der Waals surface area contributed by atoms with E-state index in [2.05, 4.69) is 21.5 Å². The number of aromatic nitrogens is 6. The van der Waals surface area contributed by atoms with Gasteiger partial charge in [-0.3, -0.25) is 4.98 Å². The molecule has 0 unspecified atom stereocenters. The number of pyridine rings is 1. The summed E-state index contributed by atoms with van der Waals surface area (Å²) in [6.45, 7) is 3.28. The Bertz CT molecular complexity index is 1830. The Morgan fingerprint density at radius 3 is 2.58 bits per heavy atom. The van der Waals surface area contributed by atoms with Crippen molar-refractivity contribution in [3.63, 3.8) is 0 Å². The predicted octanol–water partition coefficient (Wildman–Crippen LogP) is 4.75. The molecule has 10 heteroatoms. The summed E-state index contributed by atoms with van der Waals surface area (Å²) in [6.07, 6.45) is 7.26. The zero-order valence-electron chi connectivity index (χ0n) is 22.8. The minimum absolute atomic E-state index is 0.647. The van der Waals surface area contributed by atoms with Crippen molar-refractivity contribution >= 4 is 16.6 Å². The monoisotopic (exact) mass is 535 g/mol. The molecule has 0 amide bonds. The second-order valence-electron chi connectivity index (χ2n) is 9.32. The lowest BCUT2D eigenvalue weighted by Crippen LogP contribution is -2.14. The van der Waals surface area contributed by atoms with Crippen LogP contribution in [0.3, 0.4) is 0 Å². The van der Waals surface area contributed by atoms with E-state index >= 15 is 0 Å². The van der Waals surface area contributed by atoms with Gasteiger partial charge in [-0.1, -0.05) is 12.1 Å². The first-order chi connectivity index (χ1) is 19.6. The molecule has 6 aromatic rings. The van der Waals surface area contributed by atoms with Gasteiger partial charge in [0, 0.05) is 48.7 Å². The summed E-state index contributed by atoms with van der Waals surface area (Å²) >= 11 is 0. The summed E-state index contributed by atoms with van der Waals surface area (Å²) in [5.74, 6) is 2.27. The summed E-state index contributed by atoms with van der Waals surface area (Å²) < 4.78 is 20.3. The van der Waals surface area contributed by atoms with Crippen LogP contribution in [-0.2, 0) is 13.1 Å². The number of ether oxygens (including phenoxy) is 3. The molecule has 0 spiro atoms. The van der Waals surface area contributed by atoms with Crippen LogP contribution in [0.15, 0.2) is 73.3 Å². The highest BCUT2D eigenvalue weighted by atomic mass is 16.5. The van der Waals surface area contributed by atoms with E-state index in [1.165, 1.54) is 0 Å². The molecule has 0 saturated heterocycles. The largest absolute Gasteiger partial charge is 0.497 e. The van der Waals surface area contributed by atoms with E-state index in [0.29, 0.717) is 13.1 Å². The van der Waals surface area contributed by atoms with Crippen molar-refractivity contribution in [3.8, 4) is 34.2 Å². The van der Waals surface area contributed by atoms with Gasteiger partial charge in [-0.25, -0.2) is 14.2 Å². The molecular weight excluding hydrogens is 506 g/mol. The normalized spacial score (nSPS) is 11.3. The Kier molecular flexibility index (Phi) is 6.75. The van der Waals surface area contributed by atoms with Crippen LogP contribution in [0.5, 0.6) is 17.2 Å². The van der Waals surface area contributed by atoms with E-state index < -0.39 is 0 Å². The number of nitrogens with zero attached hydrogens (tertiary/aromatic N) is 6. The summed E-state index contributed by atoms with van der Waals surface area (Å²) in [6, 6.07) is 15.8. The molecule has 0 atom stereocenters. The van der Waals surface area contributed by atoms with E-state index in [1.807, 2.05) is 66.5 Å². The number of nitrogens with one attached hydrogen (secondary N) is 1. The highest BCUT2D eigenvalue weighted by Crippen LogP contribution is 2.31. The highest BCUT2D eigenvalue weighted by Gasteiger charge is 2.17. The number of fused-ring (bicyclic) bond motifs is 2. The first kappa shape index (κ1) is 25.3. The van der Waals surface area contributed by atoms with Crippen molar-refractivity contribution in [1.82, 2.24) is 34.7 Å². The van der Waals surface area contributed by atoms with Crippen LogP contribution in [0.2, 0.25) is 0 Å². The first-order valence-corrected chi connectivity index (χ1v) is 12.8. The SMILES string of the molecule is COc1ccc(CNCc2ccc(-n3nc(C)c4cnc(-c5cnn6cccnc56)cc43)c(OC)c2)c(OC)c1. The number of aryl methyl sites for hydroxylation is 1. The maximum Gasteiger partial charge on any atom is 0.164 e. The zero-order valence-corrected chi connectivity index (χ0v) is 22.8. The molecule has 1 N–H and O–H groups in total. The third-order valence-corrected chi connectivity index (χ3v) is 6.92. The quantitative estimate of drug-likeness (QED) is 0.283. The van der Waals surface area contributed by atoms with Crippen molar-refractivity contribution in [2.75, 3.05) is 21.3 Å². The van der Waals surface area contributed by atoms with Crippen molar-refractivity contribution in [1.29, 1.82) is 0 Å². The van der Waals surface area contributed by atoms with Crippen molar-refractivity contribution in [3.05, 3.63) is 90.1 Å². The topological polar surface area (TPSA) is 101 Å². The van der Waals surface area contributed by atoms with Gasteiger partial charge in [0.25, 0.3) is 0 Å². The Morgan fingerprint density at radius 1 is 0.875 bits per heavy atom. The Morgan fingerprint density at radius 2 is 1.75 bits per heavy atom. The zero-order chi connectivity index (χ0) is 27.6. The standard InChI is InChI=1S/C30H29N7O3/c1-19-23-17-33-25(24-18-34-36-11-5-10-32-30(24)36)14-27(23)37(35-19)26-9-6-20(12-29(26)40-4)15-31-16-21-7-8-22(38-2)13-28(21)39-3/h5-14,17-18,31H,15-16H2,1-4H3. The molecular formula is C30H29N7O3. The molecule has 6 rings (SSSR count). The van der Waals surface area contributed by atoms with E-state index in [9.17, 15) is 0 Å². The van der Waals surface area contributed by atoms with Gasteiger partial charge in [-0.05, 0) is 42.8 Å². The minimum Gasteiger partial charge on any atom is -0.497 e. The third-order valence-electron chi connectivity index (χ3n) is 6.92. The van der Waals surface area contributed by atoms with Gasteiger partial charge in [-0.2, -0.15) is 10.2 Å². The number of hydrogen-bond donors (Lipinski definition) is 1. The van der Waals surface area contributed by atoms with Crippen molar-refractivity contribution < 1.29 is 14.2 Å². The van der Waals surface area contributed by atoms with Gasteiger partial charge in [0.2, 0.25) is 0 Å². The van der Waals surface area contributed by atoms with Crippen LogP contribution in [-0.4, -0.2) is 50.7 Å². The van der Waals surface area contributed by atoms with Crippen LogP contribution in [0.1, 0.15) is 16.8 Å². The first-order valence-electron chi connectivity index (χ1n) is 12.8. The number of hydrogen-bond acceptors (Lipinski definition) is 8. The molecule has 0 aliphatic rings. The molecule has 4 heterocycles. The molecule has 202 valence electrons. The van der Waals surface area contributed by atoms with Crippen molar-refractivity contribution in [2.24, 2.45) is 0 Å². The average molecular weight is 536 g/mol. The number of methoxy groups -OCH3 is 3. The third kappa shape index (κ3) is 4.58. The van der Waals surface area contributed by atoms with Crippen LogP contribution >= 0.6 is 0 Å². The molecule has 0 bridgehead atoms. The minimum atomic E-state index is 0.647. The Balaban J connectivity index is 1.29. The summed E-state index contributed by atoms with van der Waals surface area (Å²) in [5, 5.41) is 13.7. The molecule has 0 fully saturated rings. The predicted molar refractivity (Wildman–Crippen MR) is 152 cm³/mol. The Labute approximate surface area is 231 Å². The van der Waals surface area contributed by atoms with E-state index in [-0.39, 0.29) is 0 Å². The second kappa shape index (κ2) is 10.7. The molecule has 0 radical (unpaired) electrons. The average Bonchev–Trinajstić information content (AvgIpc) is 3.58. The Hall–Kier alpha value is -4.96. The lowest BCUT2D eigenvalue weighted by molar-refractivity contribution is 0.389. The fourth-order valence-electron chi connectivity index (χ4n) is 4.84. The lowest BCUT2D eigenvalue weighted by Gasteiger charge is -2.14. The molecule has 0 aliphatic heterocycles. The van der Waals surface area contributed by atoms with Crippen molar-refractivity contribution in [2.45, 2.75) is 20.0 Å². The van der Waals surface area contributed by atoms with Crippen LogP contribution < -0.4 is 19.5 Å². The molecule has 2 aromatic carbocycles. The smallest absolute Gasteiger partial charge is 0.164 e. The fourth-order valence-corrected chi connectivity index (χ4v) is 4.84. The van der Waals surface area contributed by atoms with E-state index in [1.54, 1.807) is 38.2 Å². The molecule has 10 nitrogen and oxygen atoms in total. The van der Waals surface area contributed by atoms with Crippen LogP contribution in [0.4, 0.5) is 0 Å². The highest BCUT2D eigenvalue weighted by molar-refractivity contribution is 5.88. The van der Waals surface area contributed by atoms with Gasteiger partial charge in [-0.15, -0.1) is 0 Å². The number of benzene rings is 2. The summed E-state index contributed by atoms with van der Waals surface area (Å²) in [5.41, 5.74) is 7.17. The van der Waals surface area contributed by atoms with E-state index in [4.69, 9.17) is 24.3 Å². The summed E-state index contributed by atoms with van der Waals surface area (Å²) in [4.78, 5) is 9.18. The van der Waals surface area contributed by atoms with Gasteiger partial charge >= 0.3 is 0 Å². The molecule has 4 aromatic heterocycles. The van der Waals surface area contributed by atoms with Crippen LogP contribution in [0, 0.1) is 6.92 Å². The van der Waals surface area contributed by atoms with Gasteiger partial charge in [0.05, 0.1) is 50.0 Å². The number of rotatable bonds is 9. The summed E-state index contributed by atoms with van der Waals surface area (Å²) in [7, 11) is 4.98. The molecule has 40 heavy (non-hydrogen) atoms. The van der Waals surface area contributed by atoms with E-state index in [0.717, 1.165) is 67.6 Å². The molecule has 0 aliphatic carbocycles. The van der Waals surface area contributed by atoms with Gasteiger partial charge in [0.1, 0.15) is 22.9 Å². The fraction of sp³-hybridized carbons (Fsp3) is 0.200. The van der Waals surface area contributed by atoms with Crippen LogP contribution in [0.25, 0.3) is 33.5 Å². The maximum atomic E-state index is 5.82. The lowest BCUT2D eigenvalue weighted by atomic mass is 10.1. The van der Waals surface area contributed by atoms with Gasteiger partial charge < -0.3 is 19.5 Å². The maximum absolute atomic E-state index is 5.82. The molecule has 0 saturated carbocycles.